The van der Waals surface area contributed by atoms with E-state index in [1.54, 1.807) is 12.7 Å². The molecule has 0 saturated carbocycles. The standard InChI is InChI=1S/C47H40N4/c1-5-47(6-2,37-27-31(3)26-32(4)28-37)44-38(33-18-22-35(23-19-33)45-40-12-7-9-16-42(40)48-29-50-45)14-11-15-39(44)34-20-24-36(25-21-34)46-41-13-8-10-17-43(41)49-30-51-46/h7-30H,5-6H2,1-4H3. The molecule has 2 aromatic heterocycles. The van der Waals surface area contributed by atoms with E-state index in [1.807, 2.05) is 36.4 Å². The van der Waals surface area contributed by atoms with Gasteiger partial charge >= 0.3 is 0 Å². The summed E-state index contributed by atoms with van der Waals surface area (Å²) in [7, 11) is 0. The first-order chi connectivity index (χ1) is 25.0. The van der Waals surface area contributed by atoms with Crippen molar-refractivity contribution < 1.29 is 0 Å². The van der Waals surface area contributed by atoms with Gasteiger partial charge in [-0.05, 0) is 72.2 Å². The van der Waals surface area contributed by atoms with Crippen molar-refractivity contribution in [1.82, 2.24) is 19.9 Å². The lowest BCUT2D eigenvalue weighted by Gasteiger charge is -2.37. The number of hydrogen-bond donors (Lipinski definition) is 0. The Bertz CT molecular complexity index is 2340. The molecule has 8 rings (SSSR count). The van der Waals surface area contributed by atoms with Crippen LogP contribution in [0.25, 0.3) is 66.6 Å². The molecule has 0 spiro atoms. The highest BCUT2D eigenvalue weighted by molar-refractivity contribution is 5.94. The average molecular weight is 661 g/mol. The predicted molar refractivity (Wildman–Crippen MR) is 212 cm³/mol. The van der Waals surface area contributed by atoms with E-state index in [-0.39, 0.29) is 5.41 Å². The second-order valence-corrected chi connectivity index (χ2v) is 13.5. The van der Waals surface area contributed by atoms with E-state index in [9.17, 15) is 0 Å². The van der Waals surface area contributed by atoms with E-state index in [1.165, 1.54) is 44.5 Å². The van der Waals surface area contributed by atoms with Gasteiger partial charge in [0.25, 0.3) is 0 Å². The zero-order chi connectivity index (χ0) is 35.0. The molecule has 6 aromatic carbocycles. The summed E-state index contributed by atoms with van der Waals surface area (Å²) in [6.07, 6.45) is 5.25. The van der Waals surface area contributed by atoms with Crippen LogP contribution in [0.2, 0.25) is 0 Å². The average Bonchev–Trinajstić information content (AvgIpc) is 3.18. The van der Waals surface area contributed by atoms with Crippen LogP contribution >= 0.6 is 0 Å². The van der Waals surface area contributed by atoms with E-state index in [2.05, 4.69) is 135 Å². The van der Waals surface area contributed by atoms with Crippen LogP contribution in [0.5, 0.6) is 0 Å². The predicted octanol–water partition coefficient (Wildman–Crippen LogP) is 12.0. The molecule has 0 saturated heterocycles. The van der Waals surface area contributed by atoms with E-state index >= 15 is 0 Å². The molecule has 0 fully saturated rings. The monoisotopic (exact) mass is 660 g/mol. The highest BCUT2D eigenvalue weighted by Gasteiger charge is 2.36. The van der Waals surface area contributed by atoms with Gasteiger partial charge in [-0.25, -0.2) is 19.9 Å². The fraction of sp³-hybridized carbons (Fsp3) is 0.149. The van der Waals surface area contributed by atoms with Crippen LogP contribution < -0.4 is 0 Å². The van der Waals surface area contributed by atoms with E-state index < -0.39 is 0 Å². The van der Waals surface area contributed by atoms with Crippen molar-refractivity contribution in [1.29, 1.82) is 0 Å². The lowest BCUT2D eigenvalue weighted by molar-refractivity contribution is 0.480. The number of para-hydroxylation sites is 2. The molecule has 0 amide bonds. The number of nitrogens with zero attached hydrogens (tertiary/aromatic N) is 4. The Labute approximate surface area is 300 Å². The zero-order valence-electron chi connectivity index (χ0n) is 29.6. The first-order valence-corrected chi connectivity index (χ1v) is 17.8. The number of aryl methyl sites for hydroxylation is 2. The number of fused-ring (bicyclic) bond motifs is 2. The number of aromatic nitrogens is 4. The van der Waals surface area contributed by atoms with Crippen LogP contribution in [0.1, 0.15) is 48.9 Å². The molecule has 248 valence electrons. The molecule has 0 unspecified atom stereocenters. The normalized spacial score (nSPS) is 11.7. The first-order valence-electron chi connectivity index (χ1n) is 17.8. The first kappa shape index (κ1) is 32.2. The van der Waals surface area contributed by atoms with Crippen LogP contribution in [-0.4, -0.2) is 19.9 Å². The van der Waals surface area contributed by atoms with Gasteiger partial charge in [-0.15, -0.1) is 0 Å². The summed E-state index contributed by atoms with van der Waals surface area (Å²) in [4.78, 5) is 18.4. The number of benzene rings is 6. The van der Waals surface area contributed by atoms with Gasteiger partial charge in [-0.1, -0.05) is 146 Å². The molecule has 51 heavy (non-hydrogen) atoms. The van der Waals surface area contributed by atoms with Gasteiger partial charge in [0.05, 0.1) is 22.4 Å². The summed E-state index contributed by atoms with van der Waals surface area (Å²) in [5.41, 5.74) is 15.9. The van der Waals surface area contributed by atoms with E-state index in [0.717, 1.165) is 57.2 Å². The summed E-state index contributed by atoms with van der Waals surface area (Å²) < 4.78 is 0. The third-order valence-electron chi connectivity index (χ3n) is 10.5. The lowest BCUT2D eigenvalue weighted by Crippen LogP contribution is -2.28. The smallest absolute Gasteiger partial charge is 0.116 e. The molecule has 4 heteroatoms. The Morgan fingerprint density at radius 3 is 1.33 bits per heavy atom. The number of rotatable bonds is 8. The van der Waals surface area contributed by atoms with Gasteiger partial charge in [-0.2, -0.15) is 0 Å². The van der Waals surface area contributed by atoms with Crippen molar-refractivity contribution in [3.05, 3.63) is 168 Å². The van der Waals surface area contributed by atoms with Crippen LogP contribution in [0, 0.1) is 13.8 Å². The number of hydrogen-bond acceptors (Lipinski definition) is 4. The topological polar surface area (TPSA) is 51.6 Å². The zero-order valence-corrected chi connectivity index (χ0v) is 29.6. The molecule has 0 atom stereocenters. The summed E-state index contributed by atoms with van der Waals surface area (Å²) >= 11 is 0. The molecule has 0 bridgehead atoms. The second kappa shape index (κ2) is 13.4. The molecule has 0 aliphatic carbocycles. The minimum Gasteiger partial charge on any atom is -0.236 e. The van der Waals surface area contributed by atoms with Gasteiger partial charge in [0.1, 0.15) is 12.7 Å². The molecule has 0 N–H and O–H groups in total. The molecule has 0 aliphatic heterocycles. The fourth-order valence-electron chi connectivity index (χ4n) is 8.04. The van der Waals surface area contributed by atoms with Crippen molar-refractivity contribution in [2.24, 2.45) is 0 Å². The third kappa shape index (κ3) is 5.77. The molecular formula is C47H40N4. The third-order valence-corrected chi connectivity index (χ3v) is 10.5. The molecular weight excluding hydrogens is 621 g/mol. The Hall–Kier alpha value is -6.00. The van der Waals surface area contributed by atoms with E-state index in [4.69, 9.17) is 9.97 Å². The SMILES string of the molecule is CCC(CC)(c1cc(C)cc(C)c1)c1c(-c2ccc(-c3ncnc4ccccc34)cc2)cccc1-c1ccc(-c2ncnc3ccccc23)cc1. The summed E-state index contributed by atoms with van der Waals surface area (Å²) in [5.74, 6) is 0. The van der Waals surface area contributed by atoms with Gasteiger partial charge < -0.3 is 0 Å². The Morgan fingerprint density at radius 1 is 0.451 bits per heavy atom. The highest BCUT2D eigenvalue weighted by atomic mass is 14.8. The van der Waals surface area contributed by atoms with Crippen LogP contribution in [-0.2, 0) is 5.41 Å². The maximum Gasteiger partial charge on any atom is 0.116 e. The lowest BCUT2D eigenvalue weighted by atomic mass is 9.65. The molecule has 0 aliphatic rings. The van der Waals surface area contributed by atoms with Crippen molar-refractivity contribution >= 4 is 21.8 Å². The van der Waals surface area contributed by atoms with Crippen molar-refractivity contribution in [2.45, 2.75) is 46.0 Å². The maximum atomic E-state index is 4.70. The van der Waals surface area contributed by atoms with Crippen molar-refractivity contribution in [3.63, 3.8) is 0 Å². The summed E-state index contributed by atoms with van der Waals surface area (Å²) in [5, 5.41) is 2.11. The summed E-state index contributed by atoms with van der Waals surface area (Å²) in [6, 6.07) is 48.2. The second-order valence-electron chi connectivity index (χ2n) is 13.5. The highest BCUT2D eigenvalue weighted by Crippen LogP contribution is 2.48. The molecule has 0 radical (unpaired) electrons. The fourth-order valence-corrected chi connectivity index (χ4v) is 8.04. The van der Waals surface area contributed by atoms with E-state index in [0.29, 0.717) is 0 Å². The molecule has 2 heterocycles. The van der Waals surface area contributed by atoms with Crippen LogP contribution in [0.3, 0.4) is 0 Å². The van der Waals surface area contributed by atoms with Crippen LogP contribution in [0.4, 0.5) is 0 Å². The Morgan fingerprint density at radius 2 is 0.882 bits per heavy atom. The van der Waals surface area contributed by atoms with Gasteiger partial charge in [0, 0.05) is 27.3 Å². The van der Waals surface area contributed by atoms with Gasteiger partial charge in [0.2, 0.25) is 0 Å². The minimum absolute atomic E-state index is 0.217. The minimum atomic E-state index is -0.217. The van der Waals surface area contributed by atoms with Crippen molar-refractivity contribution in [2.75, 3.05) is 0 Å². The van der Waals surface area contributed by atoms with Crippen molar-refractivity contribution in [3.8, 4) is 44.8 Å². The maximum absolute atomic E-state index is 4.70. The molecule has 4 nitrogen and oxygen atoms in total. The van der Waals surface area contributed by atoms with Gasteiger partial charge in [0.15, 0.2) is 0 Å². The largest absolute Gasteiger partial charge is 0.236 e. The quantitative estimate of drug-likeness (QED) is 0.163. The Kier molecular flexibility index (Phi) is 8.45. The Balaban J connectivity index is 1.31. The summed E-state index contributed by atoms with van der Waals surface area (Å²) in [6.45, 7) is 9.11. The molecule has 8 aromatic rings. The van der Waals surface area contributed by atoms with Gasteiger partial charge in [-0.3, -0.25) is 0 Å². The van der Waals surface area contributed by atoms with Crippen LogP contribution in [0.15, 0.2) is 146 Å².